The molecule has 5 nitrogen and oxygen atoms in total. The molecule has 0 fully saturated rings. The maximum Gasteiger partial charge on any atom is 0.317 e. The van der Waals surface area contributed by atoms with E-state index >= 15 is 0 Å². The number of carbonyl (C=O) groups is 1. The first kappa shape index (κ1) is 14.4. The monoisotopic (exact) mass is 317 g/mol. The molecular weight excluding hydrogens is 306 g/mol. The Morgan fingerprint density at radius 1 is 1.37 bits per heavy atom. The van der Waals surface area contributed by atoms with E-state index in [1.54, 1.807) is 0 Å². The summed E-state index contributed by atoms with van der Waals surface area (Å²) in [5.41, 5.74) is 0. The number of thiophene rings is 1. The van der Waals surface area contributed by atoms with Gasteiger partial charge in [-0.15, -0.1) is 32.9 Å². The number of aryl methyl sites for hydroxylation is 1. The highest BCUT2D eigenvalue weighted by Crippen LogP contribution is 2.23. The van der Waals surface area contributed by atoms with Crippen molar-refractivity contribution in [2.75, 3.05) is 6.54 Å². The summed E-state index contributed by atoms with van der Waals surface area (Å²) in [6.07, 6.45) is 0. The van der Waals surface area contributed by atoms with Crippen molar-refractivity contribution in [2.45, 2.75) is 20.0 Å². The zero-order chi connectivity index (χ0) is 13.8. The highest BCUT2D eigenvalue weighted by molar-refractivity contribution is 7.16. The second-order valence-corrected chi connectivity index (χ2v) is 7.03. The van der Waals surface area contributed by atoms with Gasteiger partial charge in [-0.1, -0.05) is 11.6 Å². The molecule has 0 unspecified atom stereocenters. The Morgan fingerprint density at radius 2 is 2.16 bits per heavy atom. The predicted molar refractivity (Wildman–Crippen MR) is 75.7 cm³/mol. The smallest absolute Gasteiger partial charge is 0.317 e. The fourth-order valence-corrected chi connectivity index (χ4v) is 3.49. The minimum Gasteiger partial charge on any atom is -0.480 e. The molecule has 2 aromatic heterocycles. The quantitative estimate of drug-likeness (QED) is 0.887. The van der Waals surface area contributed by atoms with E-state index in [4.69, 9.17) is 16.7 Å². The van der Waals surface area contributed by atoms with Gasteiger partial charge in [0.15, 0.2) is 0 Å². The topological polar surface area (TPSA) is 66.3 Å². The van der Waals surface area contributed by atoms with Gasteiger partial charge in [0.2, 0.25) is 0 Å². The lowest BCUT2D eigenvalue weighted by molar-refractivity contribution is -0.138. The van der Waals surface area contributed by atoms with Crippen LogP contribution in [0.4, 0.5) is 0 Å². The van der Waals surface area contributed by atoms with Crippen molar-refractivity contribution in [1.82, 2.24) is 15.1 Å². The first-order chi connectivity index (χ1) is 9.02. The molecule has 0 amide bonds. The van der Waals surface area contributed by atoms with Gasteiger partial charge in [0, 0.05) is 11.4 Å². The minimum atomic E-state index is -0.858. The largest absolute Gasteiger partial charge is 0.480 e. The highest BCUT2D eigenvalue weighted by atomic mass is 35.5. The van der Waals surface area contributed by atoms with E-state index in [0.29, 0.717) is 17.4 Å². The standard InChI is InChI=1S/C11H12ClN3O2S2/c1-7-13-14-10(18-7)5-15(6-11(16)17)4-8-2-3-9(12)19-8/h2-3H,4-6H2,1H3,(H,16,17). The van der Waals surface area contributed by atoms with Crippen molar-refractivity contribution in [2.24, 2.45) is 0 Å². The zero-order valence-electron chi connectivity index (χ0n) is 10.2. The molecule has 2 heterocycles. The summed E-state index contributed by atoms with van der Waals surface area (Å²) < 4.78 is 0.706. The number of aromatic nitrogens is 2. The third-order valence-corrected chi connectivity index (χ3v) is 4.33. The minimum absolute atomic E-state index is 0.0336. The third-order valence-electron chi connectivity index (χ3n) is 2.29. The van der Waals surface area contributed by atoms with E-state index in [1.807, 2.05) is 24.0 Å². The molecule has 0 aliphatic heterocycles. The van der Waals surface area contributed by atoms with Crippen LogP contribution in [0.3, 0.4) is 0 Å². The second-order valence-electron chi connectivity index (χ2n) is 3.96. The molecule has 0 radical (unpaired) electrons. The van der Waals surface area contributed by atoms with Crippen molar-refractivity contribution in [3.8, 4) is 0 Å². The Hall–Kier alpha value is -1.02. The molecule has 0 aliphatic carbocycles. The summed E-state index contributed by atoms with van der Waals surface area (Å²) in [6.45, 7) is 2.87. The van der Waals surface area contributed by atoms with Gasteiger partial charge < -0.3 is 5.11 Å². The summed E-state index contributed by atoms with van der Waals surface area (Å²) in [5, 5.41) is 18.6. The number of nitrogens with zero attached hydrogens (tertiary/aromatic N) is 3. The molecule has 19 heavy (non-hydrogen) atoms. The van der Waals surface area contributed by atoms with Crippen LogP contribution < -0.4 is 0 Å². The predicted octanol–water partition coefficient (Wildman–Crippen LogP) is 2.65. The van der Waals surface area contributed by atoms with Gasteiger partial charge in [0.25, 0.3) is 0 Å². The van der Waals surface area contributed by atoms with Crippen LogP contribution in [0, 0.1) is 6.92 Å². The highest BCUT2D eigenvalue weighted by Gasteiger charge is 2.14. The van der Waals surface area contributed by atoms with E-state index in [1.165, 1.54) is 22.7 Å². The lowest BCUT2D eigenvalue weighted by atomic mass is 10.4. The first-order valence-electron chi connectivity index (χ1n) is 5.50. The molecule has 2 rings (SSSR count). The summed E-state index contributed by atoms with van der Waals surface area (Å²) in [6, 6.07) is 3.72. The summed E-state index contributed by atoms with van der Waals surface area (Å²) in [4.78, 5) is 13.7. The number of halogens is 1. The number of aliphatic carboxylic acids is 1. The normalized spacial score (nSPS) is 11.1. The van der Waals surface area contributed by atoms with Crippen molar-refractivity contribution in [3.63, 3.8) is 0 Å². The van der Waals surface area contributed by atoms with E-state index in [9.17, 15) is 4.79 Å². The molecule has 1 N–H and O–H groups in total. The first-order valence-corrected chi connectivity index (χ1v) is 7.51. The summed E-state index contributed by atoms with van der Waals surface area (Å²) in [5.74, 6) is -0.858. The number of rotatable bonds is 6. The van der Waals surface area contributed by atoms with E-state index in [0.717, 1.165) is 14.9 Å². The molecule has 102 valence electrons. The van der Waals surface area contributed by atoms with Crippen LogP contribution >= 0.6 is 34.3 Å². The lowest BCUT2D eigenvalue weighted by Gasteiger charge is -2.17. The summed E-state index contributed by atoms with van der Waals surface area (Å²) in [7, 11) is 0. The Morgan fingerprint density at radius 3 is 2.68 bits per heavy atom. The molecule has 0 bridgehead atoms. The zero-order valence-corrected chi connectivity index (χ0v) is 12.6. The molecule has 0 aliphatic rings. The van der Waals surface area contributed by atoms with Gasteiger partial charge in [0.1, 0.15) is 10.0 Å². The van der Waals surface area contributed by atoms with Gasteiger partial charge in [-0.05, 0) is 19.1 Å². The van der Waals surface area contributed by atoms with E-state index in [-0.39, 0.29) is 6.54 Å². The maximum absolute atomic E-state index is 10.9. The molecular formula is C11H12ClN3O2S2. The number of carboxylic acid groups (broad SMARTS) is 1. The van der Waals surface area contributed by atoms with Crippen LogP contribution in [0.2, 0.25) is 4.34 Å². The van der Waals surface area contributed by atoms with Crippen LogP contribution in [0.15, 0.2) is 12.1 Å². The Bertz CT molecular complexity index is 528. The van der Waals surface area contributed by atoms with Crippen molar-refractivity contribution in [3.05, 3.63) is 31.4 Å². The van der Waals surface area contributed by atoms with Crippen LogP contribution in [0.1, 0.15) is 14.9 Å². The van der Waals surface area contributed by atoms with Gasteiger partial charge >= 0.3 is 5.97 Å². The number of carboxylic acids is 1. The molecule has 2 aromatic rings. The molecule has 0 saturated carbocycles. The third kappa shape index (κ3) is 4.54. The van der Waals surface area contributed by atoms with Crippen LogP contribution in [-0.4, -0.2) is 32.7 Å². The van der Waals surface area contributed by atoms with E-state index in [2.05, 4.69) is 10.2 Å². The second kappa shape index (κ2) is 6.42. The van der Waals surface area contributed by atoms with Crippen molar-refractivity contribution >= 4 is 40.2 Å². The molecule has 0 spiro atoms. The van der Waals surface area contributed by atoms with Crippen molar-refractivity contribution in [1.29, 1.82) is 0 Å². The van der Waals surface area contributed by atoms with Gasteiger partial charge in [-0.2, -0.15) is 0 Å². The number of hydrogen-bond donors (Lipinski definition) is 1. The van der Waals surface area contributed by atoms with Gasteiger partial charge in [0.05, 0.1) is 17.4 Å². The lowest BCUT2D eigenvalue weighted by Crippen LogP contribution is -2.28. The maximum atomic E-state index is 10.9. The van der Waals surface area contributed by atoms with E-state index < -0.39 is 5.97 Å². The Labute approximate surface area is 123 Å². The van der Waals surface area contributed by atoms with Gasteiger partial charge in [-0.3, -0.25) is 9.69 Å². The summed E-state index contributed by atoms with van der Waals surface area (Å²) >= 11 is 8.81. The van der Waals surface area contributed by atoms with Crippen LogP contribution in [0.5, 0.6) is 0 Å². The fourth-order valence-electron chi connectivity index (χ4n) is 1.61. The molecule has 0 atom stereocenters. The van der Waals surface area contributed by atoms with Gasteiger partial charge in [-0.25, -0.2) is 0 Å². The average Bonchev–Trinajstić information content (AvgIpc) is 2.87. The van der Waals surface area contributed by atoms with Crippen molar-refractivity contribution < 1.29 is 9.90 Å². The van der Waals surface area contributed by atoms with Crippen LogP contribution in [-0.2, 0) is 17.9 Å². The molecule has 0 aromatic carbocycles. The fraction of sp³-hybridized carbons (Fsp3) is 0.364. The SMILES string of the molecule is Cc1nnc(CN(CC(=O)O)Cc2ccc(Cl)s2)s1. The molecule has 0 saturated heterocycles. The van der Waals surface area contributed by atoms with Crippen LogP contribution in [0.25, 0.3) is 0 Å². The Balaban J connectivity index is 2.04. The Kier molecular flexibility index (Phi) is 4.87. The average molecular weight is 318 g/mol. The molecule has 8 heteroatoms. The number of hydrogen-bond acceptors (Lipinski definition) is 6.